The standard InChI is InChI=1S/C14H24O5S/c1-13(2)5-4-11(19-13)9-20(16,17)10-14(6-7-14)8-12(15)18-3/h11H,4-10H2,1-3H3. The van der Waals surface area contributed by atoms with Crippen molar-refractivity contribution >= 4 is 15.8 Å². The van der Waals surface area contributed by atoms with Gasteiger partial charge in [-0.15, -0.1) is 0 Å². The zero-order valence-electron chi connectivity index (χ0n) is 12.5. The summed E-state index contributed by atoms with van der Waals surface area (Å²) in [6.07, 6.45) is 3.26. The smallest absolute Gasteiger partial charge is 0.306 e. The Morgan fingerprint density at radius 1 is 1.30 bits per heavy atom. The van der Waals surface area contributed by atoms with Crippen LogP contribution in [0, 0.1) is 5.41 Å². The Balaban J connectivity index is 1.90. The molecule has 2 rings (SSSR count). The van der Waals surface area contributed by atoms with E-state index < -0.39 is 9.84 Å². The second-order valence-corrected chi connectivity index (χ2v) is 8.95. The molecule has 1 aliphatic heterocycles. The fourth-order valence-corrected chi connectivity index (χ4v) is 5.17. The fourth-order valence-electron chi connectivity index (χ4n) is 2.93. The number of rotatable bonds is 6. The van der Waals surface area contributed by atoms with Crippen LogP contribution in [0.4, 0.5) is 0 Å². The summed E-state index contributed by atoms with van der Waals surface area (Å²) in [5.41, 5.74) is -0.594. The third-order valence-electron chi connectivity index (χ3n) is 4.22. The SMILES string of the molecule is COC(=O)CC1(CS(=O)(=O)CC2CCC(C)(C)O2)CC1. The Hall–Kier alpha value is -0.620. The number of sulfone groups is 1. The monoisotopic (exact) mass is 304 g/mol. The summed E-state index contributed by atoms with van der Waals surface area (Å²) in [6, 6.07) is 0. The molecule has 1 saturated heterocycles. The van der Waals surface area contributed by atoms with Crippen LogP contribution in [-0.2, 0) is 24.1 Å². The minimum Gasteiger partial charge on any atom is -0.469 e. The van der Waals surface area contributed by atoms with Gasteiger partial charge < -0.3 is 9.47 Å². The Morgan fingerprint density at radius 3 is 2.40 bits per heavy atom. The van der Waals surface area contributed by atoms with E-state index in [0.717, 1.165) is 25.7 Å². The number of methoxy groups -OCH3 is 1. The van der Waals surface area contributed by atoms with Crippen LogP contribution in [0.5, 0.6) is 0 Å². The molecule has 0 N–H and O–H groups in total. The molecule has 1 unspecified atom stereocenters. The lowest BCUT2D eigenvalue weighted by atomic mass is 10.1. The van der Waals surface area contributed by atoms with Crippen molar-refractivity contribution in [2.24, 2.45) is 5.41 Å². The lowest BCUT2D eigenvalue weighted by Crippen LogP contribution is -2.30. The highest BCUT2D eigenvalue weighted by Crippen LogP contribution is 2.50. The average molecular weight is 304 g/mol. The lowest BCUT2D eigenvalue weighted by molar-refractivity contribution is -0.141. The molecule has 0 aromatic heterocycles. The molecule has 0 amide bonds. The molecule has 1 atom stereocenters. The summed E-state index contributed by atoms with van der Waals surface area (Å²) in [6.45, 7) is 3.97. The molecule has 0 radical (unpaired) electrons. The molecule has 5 nitrogen and oxygen atoms in total. The Kier molecular flexibility index (Phi) is 4.17. The average Bonchev–Trinajstić information content (AvgIpc) is 2.94. The summed E-state index contributed by atoms with van der Waals surface area (Å²) in [4.78, 5) is 11.3. The number of carbonyl (C=O) groups is 1. The van der Waals surface area contributed by atoms with Gasteiger partial charge in [0.05, 0.1) is 36.7 Å². The normalized spacial score (nSPS) is 27.2. The Morgan fingerprint density at radius 2 is 1.95 bits per heavy atom. The van der Waals surface area contributed by atoms with Gasteiger partial charge in [-0.3, -0.25) is 4.79 Å². The van der Waals surface area contributed by atoms with Crippen LogP contribution in [0.15, 0.2) is 0 Å². The summed E-state index contributed by atoms with van der Waals surface area (Å²) in [7, 11) is -1.86. The first-order valence-corrected chi connectivity index (χ1v) is 8.93. The van der Waals surface area contributed by atoms with E-state index in [1.165, 1.54) is 7.11 Å². The predicted molar refractivity (Wildman–Crippen MR) is 75.1 cm³/mol. The van der Waals surface area contributed by atoms with Crippen molar-refractivity contribution in [3.63, 3.8) is 0 Å². The molecule has 2 aliphatic rings. The Labute approximate surface area is 120 Å². The van der Waals surface area contributed by atoms with E-state index >= 15 is 0 Å². The third-order valence-corrected chi connectivity index (χ3v) is 6.16. The van der Waals surface area contributed by atoms with Gasteiger partial charge in [0.25, 0.3) is 0 Å². The molecule has 1 aliphatic carbocycles. The second kappa shape index (κ2) is 5.30. The van der Waals surface area contributed by atoms with E-state index in [1.807, 2.05) is 13.8 Å². The predicted octanol–water partition coefficient (Wildman–Crippen LogP) is 1.70. The molecule has 0 aromatic rings. The van der Waals surface area contributed by atoms with Crippen LogP contribution < -0.4 is 0 Å². The van der Waals surface area contributed by atoms with Gasteiger partial charge in [-0.2, -0.15) is 0 Å². The van der Waals surface area contributed by atoms with Crippen molar-refractivity contribution in [2.75, 3.05) is 18.6 Å². The molecule has 6 heteroatoms. The van der Waals surface area contributed by atoms with Gasteiger partial charge >= 0.3 is 5.97 Å². The first-order valence-electron chi connectivity index (χ1n) is 7.10. The van der Waals surface area contributed by atoms with Crippen LogP contribution in [0.2, 0.25) is 0 Å². The highest BCUT2D eigenvalue weighted by atomic mass is 32.2. The first-order chi connectivity index (χ1) is 9.15. The van der Waals surface area contributed by atoms with E-state index in [-0.39, 0.29) is 41.0 Å². The van der Waals surface area contributed by atoms with Gasteiger partial charge in [0.2, 0.25) is 0 Å². The maximum Gasteiger partial charge on any atom is 0.306 e. The molecule has 1 saturated carbocycles. The highest BCUT2D eigenvalue weighted by molar-refractivity contribution is 7.91. The summed E-state index contributed by atoms with van der Waals surface area (Å²) >= 11 is 0. The number of hydrogen-bond donors (Lipinski definition) is 0. The van der Waals surface area contributed by atoms with Crippen LogP contribution in [-0.4, -0.2) is 44.7 Å². The van der Waals surface area contributed by atoms with Gasteiger partial charge in [0, 0.05) is 0 Å². The molecular formula is C14H24O5S. The summed E-state index contributed by atoms with van der Waals surface area (Å²) in [5.74, 6) is -0.176. The minimum absolute atomic E-state index is 0.0688. The maximum atomic E-state index is 12.3. The lowest BCUT2D eigenvalue weighted by Gasteiger charge is -2.20. The van der Waals surface area contributed by atoms with E-state index in [4.69, 9.17) is 4.74 Å². The maximum absolute atomic E-state index is 12.3. The second-order valence-electron chi connectivity index (χ2n) is 6.85. The van der Waals surface area contributed by atoms with Crippen molar-refractivity contribution in [3.8, 4) is 0 Å². The van der Waals surface area contributed by atoms with Crippen LogP contribution in [0.3, 0.4) is 0 Å². The van der Waals surface area contributed by atoms with Gasteiger partial charge in [-0.25, -0.2) is 8.42 Å². The minimum atomic E-state index is -3.20. The largest absolute Gasteiger partial charge is 0.469 e. The van der Waals surface area contributed by atoms with E-state index in [1.54, 1.807) is 0 Å². The first kappa shape index (κ1) is 15.8. The van der Waals surface area contributed by atoms with Crippen molar-refractivity contribution in [1.29, 1.82) is 0 Å². The van der Waals surface area contributed by atoms with Gasteiger partial charge in [-0.1, -0.05) is 0 Å². The zero-order chi connectivity index (χ0) is 15.0. The van der Waals surface area contributed by atoms with Crippen molar-refractivity contribution in [2.45, 2.75) is 57.7 Å². The van der Waals surface area contributed by atoms with Crippen LogP contribution in [0.25, 0.3) is 0 Å². The van der Waals surface area contributed by atoms with Crippen molar-refractivity contribution < 1.29 is 22.7 Å². The van der Waals surface area contributed by atoms with Crippen LogP contribution >= 0.6 is 0 Å². The molecule has 20 heavy (non-hydrogen) atoms. The molecular weight excluding hydrogens is 280 g/mol. The molecule has 0 spiro atoms. The zero-order valence-corrected chi connectivity index (χ0v) is 13.3. The van der Waals surface area contributed by atoms with Gasteiger partial charge in [0.15, 0.2) is 9.84 Å². The van der Waals surface area contributed by atoms with Gasteiger partial charge in [-0.05, 0) is 44.9 Å². The summed E-state index contributed by atoms with van der Waals surface area (Å²) < 4.78 is 35.0. The molecule has 2 fully saturated rings. The molecule has 0 aromatic carbocycles. The van der Waals surface area contributed by atoms with Crippen molar-refractivity contribution in [1.82, 2.24) is 0 Å². The molecule has 116 valence electrons. The third kappa shape index (κ3) is 4.19. The number of hydrogen-bond acceptors (Lipinski definition) is 5. The van der Waals surface area contributed by atoms with E-state index in [0.29, 0.717) is 0 Å². The highest BCUT2D eigenvalue weighted by Gasteiger charge is 2.48. The van der Waals surface area contributed by atoms with E-state index in [9.17, 15) is 13.2 Å². The van der Waals surface area contributed by atoms with E-state index in [2.05, 4.69) is 4.74 Å². The summed E-state index contributed by atoms with van der Waals surface area (Å²) in [5, 5.41) is 0. The quantitative estimate of drug-likeness (QED) is 0.699. The van der Waals surface area contributed by atoms with Crippen molar-refractivity contribution in [3.05, 3.63) is 0 Å². The molecule has 1 heterocycles. The topological polar surface area (TPSA) is 69.7 Å². The van der Waals surface area contributed by atoms with Crippen LogP contribution in [0.1, 0.15) is 46.0 Å². The number of carbonyl (C=O) groups excluding carboxylic acids is 1. The molecule has 0 bridgehead atoms. The Bertz CT molecular complexity index is 476. The fraction of sp³-hybridized carbons (Fsp3) is 0.929. The number of ether oxygens (including phenoxy) is 2. The number of esters is 1. The van der Waals surface area contributed by atoms with Gasteiger partial charge in [0.1, 0.15) is 0 Å².